The molecule has 0 aliphatic rings. The molecule has 0 unspecified atom stereocenters. The molecule has 0 N–H and O–H groups in total. The van der Waals surface area contributed by atoms with Crippen LogP contribution in [0, 0.1) is 0 Å². The molecule has 6 nitrogen and oxygen atoms in total. The SMILES string of the molecule is CS(=O)(=O)c1cc(N=C=O)cc(S(C)(=O)=O)c1. The first-order valence-corrected chi connectivity index (χ1v) is 8.06. The molecule has 0 aliphatic carbocycles. The summed E-state index contributed by atoms with van der Waals surface area (Å²) in [6, 6.07) is 3.23. The van der Waals surface area contributed by atoms with Crippen molar-refractivity contribution in [1.29, 1.82) is 0 Å². The zero-order valence-corrected chi connectivity index (χ0v) is 10.7. The smallest absolute Gasteiger partial charge is 0.224 e. The van der Waals surface area contributed by atoms with Gasteiger partial charge >= 0.3 is 0 Å². The number of aliphatic imine (C=N–C) groups is 1. The van der Waals surface area contributed by atoms with Crippen LogP contribution in [0.15, 0.2) is 33.0 Å². The van der Waals surface area contributed by atoms with E-state index < -0.39 is 19.7 Å². The van der Waals surface area contributed by atoms with Gasteiger partial charge in [-0.2, -0.15) is 4.99 Å². The van der Waals surface area contributed by atoms with E-state index in [0.29, 0.717) is 0 Å². The number of isocyanates is 1. The average molecular weight is 275 g/mol. The minimum atomic E-state index is -3.58. The quantitative estimate of drug-likeness (QED) is 0.589. The molecule has 0 heterocycles. The Morgan fingerprint density at radius 2 is 1.35 bits per heavy atom. The summed E-state index contributed by atoms with van der Waals surface area (Å²) in [6.07, 6.45) is 3.09. The summed E-state index contributed by atoms with van der Waals surface area (Å²) in [5, 5.41) is 0. The fourth-order valence-electron chi connectivity index (χ4n) is 1.10. The third-order valence-corrected chi connectivity index (χ3v) is 4.08. The molecule has 0 aliphatic heterocycles. The molecule has 0 aromatic heterocycles. The standard InChI is InChI=1S/C9H9NO5S2/c1-16(12,13)8-3-7(10-6-11)4-9(5-8)17(2,14)15/h3-5H,1-2H3. The second-order valence-electron chi connectivity index (χ2n) is 3.41. The average Bonchev–Trinajstić information content (AvgIpc) is 2.15. The molecule has 0 atom stereocenters. The van der Waals surface area contributed by atoms with E-state index in [0.717, 1.165) is 30.7 Å². The normalized spacial score (nSPS) is 11.9. The number of rotatable bonds is 3. The summed E-state index contributed by atoms with van der Waals surface area (Å²) in [4.78, 5) is 12.9. The summed E-state index contributed by atoms with van der Waals surface area (Å²) < 4.78 is 45.3. The first-order chi connectivity index (χ1) is 7.64. The van der Waals surface area contributed by atoms with Crippen LogP contribution >= 0.6 is 0 Å². The van der Waals surface area contributed by atoms with Gasteiger partial charge in [0.25, 0.3) is 0 Å². The number of nitrogens with zero attached hydrogens (tertiary/aromatic N) is 1. The van der Waals surface area contributed by atoms with Gasteiger partial charge in [0, 0.05) is 12.5 Å². The molecular formula is C9H9NO5S2. The summed E-state index contributed by atoms with van der Waals surface area (Å²) >= 11 is 0. The molecule has 0 saturated carbocycles. The molecule has 17 heavy (non-hydrogen) atoms. The summed E-state index contributed by atoms with van der Waals surface area (Å²) in [5.74, 6) is 0. The lowest BCUT2D eigenvalue weighted by Crippen LogP contribution is -2.02. The molecule has 1 aromatic carbocycles. The van der Waals surface area contributed by atoms with E-state index in [1.54, 1.807) is 0 Å². The molecule has 1 aromatic rings. The Kier molecular flexibility index (Phi) is 3.51. The van der Waals surface area contributed by atoms with Gasteiger partial charge in [-0.05, 0) is 18.2 Å². The second-order valence-corrected chi connectivity index (χ2v) is 7.44. The Morgan fingerprint density at radius 1 is 0.941 bits per heavy atom. The number of hydrogen-bond acceptors (Lipinski definition) is 6. The number of carbonyl (C=O) groups excluding carboxylic acids is 1. The van der Waals surface area contributed by atoms with Crippen molar-refractivity contribution in [3.05, 3.63) is 18.2 Å². The van der Waals surface area contributed by atoms with Crippen molar-refractivity contribution in [1.82, 2.24) is 0 Å². The fourth-order valence-corrected chi connectivity index (χ4v) is 2.53. The van der Waals surface area contributed by atoms with Crippen molar-refractivity contribution in [3.63, 3.8) is 0 Å². The Bertz CT molecular complexity index is 647. The maximum atomic E-state index is 11.3. The molecule has 1 rings (SSSR count). The highest BCUT2D eigenvalue weighted by Gasteiger charge is 2.15. The zero-order valence-electron chi connectivity index (χ0n) is 9.04. The van der Waals surface area contributed by atoms with Gasteiger partial charge in [-0.3, -0.25) is 0 Å². The van der Waals surface area contributed by atoms with Crippen molar-refractivity contribution >= 4 is 31.4 Å². The van der Waals surface area contributed by atoms with Crippen molar-refractivity contribution in [2.75, 3.05) is 12.5 Å². The molecule has 92 valence electrons. The van der Waals surface area contributed by atoms with Crippen LogP contribution in [0.25, 0.3) is 0 Å². The lowest BCUT2D eigenvalue weighted by Gasteiger charge is -2.03. The minimum Gasteiger partial charge on any atom is -0.224 e. The number of hydrogen-bond donors (Lipinski definition) is 0. The Hall–Kier alpha value is -1.50. The minimum absolute atomic E-state index is 0.0663. The Balaban J connectivity index is 3.68. The predicted molar refractivity (Wildman–Crippen MR) is 60.4 cm³/mol. The van der Waals surface area contributed by atoms with Crippen LogP contribution in [-0.2, 0) is 24.5 Å². The Labute approximate surface area is 98.8 Å². The summed E-state index contributed by atoms with van der Waals surface area (Å²) in [5.41, 5.74) is -0.0663. The summed E-state index contributed by atoms with van der Waals surface area (Å²) in [6.45, 7) is 0. The van der Waals surface area contributed by atoms with Crippen LogP contribution in [0.5, 0.6) is 0 Å². The molecule has 0 fully saturated rings. The van der Waals surface area contributed by atoms with Gasteiger partial charge in [-0.25, -0.2) is 21.6 Å². The molecule has 0 bridgehead atoms. The van der Waals surface area contributed by atoms with Gasteiger partial charge in [0.05, 0.1) is 15.5 Å². The van der Waals surface area contributed by atoms with Crippen molar-refractivity contribution in [2.24, 2.45) is 4.99 Å². The lowest BCUT2D eigenvalue weighted by atomic mass is 10.3. The monoisotopic (exact) mass is 275 g/mol. The van der Waals surface area contributed by atoms with Crippen LogP contribution in [0.1, 0.15) is 0 Å². The van der Waals surface area contributed by atoms with Gasteiger partial charge in [-0.15, -0.1) is 0 Å². The van der Waals surface area contributed by atoms with E-state index in [1.165, 1.54) is 6.08 Å². The largest absolute Gasteiger partial charge is 0.240 e. The third-order valence-electron chi connectivity index (χ3n) is 1.90. The lowest BCUT2D eigenvalue weighted by molar-refractivity contribution is 0.565. The van der Waals surface area contributed by atoms with E-state index in [-0.39, 0.29) is 15.5 Å². The van der Waals surface area contributed by atoms with Crippen LogP contribution in [0.3, 0.4) is 0 Å². The maximum absolute atomic E-state index is 11.3. The first kappa shape index (κ1) is 13.6. The summed E-state index contributed by atoms with van der Waals surface area (Å²) in [7, 11) is -7.16. The first-order valence-electron chi connectivity index (χ1n) is 4.27. The molecular weight excluding hydrogens is 266 g/mol. The predicted octanol–water partition coefficient (Wildman–Crippen LogP) is 0.461. The van der Waals surface area contributed by atoms with Gasteiger partial charge in [0.2, 0.25) is 6.08 Å². The topological polar surface area (TPSA) is 97.7 Å². The Morgan fingerprint density at radius 3 is 1.65 bits per heavy atom. The van der Waals surface area contributed by atoms with Crippen LogP contribution in [-0.4, -0.2) is 35.4 Å². The van der Waals surface area contributed by atoms with E-state index in [2.05, 4.69) is 4.99 Å². The fraction of sp³-hybridized carbons (Fsp3) is 0.222. The highest BCUT2D eigenvalue weighted by molar-refractivity contribution is 7.91. The van der Waals surface area contributed by atoms with Gasteiger partial charge in [-0.1, -0.05) is 0 Å². The van der Waals surface area contributed by atoms with Crippen molar-refractivity contribution < 1.29 is 21.6 Å². The number of sulfone groups is 2. The number of benzene rings is 1. The van der Waals surface area contributed by atoms with E-state index in [9.17, 15) is 21.6 Å². The third kappa shape index (κ3) is 3.48. The van der Waals surface area contributed by atoms with Gasteiger partial charge < -0.3 is 0 Å². The molecule has 8 heteroatoms. The van der Waals surface area contributed by atoms with E-state index in [4.69, 9.17) is 0 Å². The highest BCUT2D eigenvalue weighted by atomic mass is 32.2. The molecule has 0 radical (unpaired) electrons. The highest BCUT2D eigenvalue weighted by Crippen LogP contribution is 2.23. The molecule has 0 amide bonds. The van der Waals surface area contributed by atoms with E-state index >= 15 is 0 Å². The van der Waals surface area contributed by atoms with Crippen LogP contribution < -0.4 is 0 Å². The van der Waals surface area contributed by atoms with Gasteiger partial charge in [0.1, 0.15) is 0 Å². The maximum Gasteiger partial charge on any atom is 0.240 e. The van der Waals surface area contributed by atoms with E-state index in [1.807, 2.05) is 0 Å². The second kappa shape index (κ2) is 4.40. The molecule has 0 saturated heterocycles. The van der Waals surface area contributed by atoms with Crippen molar-refractivity contribution in [3.8, 4) is 0 Å². The van der Waals surface area contributed by atoms with Crippen LogP contribution in [0.4, 0.5) is 5.69 Å². The van der Waals surface area contributed by atoms with Crippen molar-refractivity contribution in [2.45, 2.75) is 9.79 Å². The van der Waals surface area contributed by atoms with Gasteiger partial charge in [0.15, 0.2) is 19.7 Å². The zero-order chi connectivity index (χ0) is 13.3. The van der Waals surface area contributed by atoms with Crippen LogP contribution in [0.2, 0.25) is 0 Å². The molecule has 0 spiro atoms.